The molecular weight excluding hydrogens is 606 g/mol. The van der Waals surface area contributed by atoms with Crippen molar-refractivity contribution in [3.63, 3.8) is 0 Å². The number of urea groups is 2. The van der Waals surface area contributed by atoms with Crippen LogP contribution in [-0.4, -0.2) is 143 Å². The Labute approximate surface area is 282 Å². The number of aromatic amines is 1. The third kappa shape index (κ3) is 6.91. The molecule has 5 amide bonds. The van der Waals surface area contributed by atoms with Crippen LogP contribution < -0.4 is 5.32 Å². The number of carbonyl (C=O) groups excluding carboxylic acids is 3. The molecule has 0 bridgehead atoms. The molecule has 2 aromatic carbocycles. The molecule has 3 aromatic rings. The zero-order valence-corrected chi connectivity index (χ0v) is 28.1. The number of nitrogens with one attached hydrogen (secondary N) is 2. The lowest BCUT2D eigenvalue weighted by Gasteiger charge is -2.36. The Morgan fingerprint density at radius 1 is 0.688 bits per heavy atom. The van der Waals surface area contributed by atoms with Crippen molar-refractivity contribution in [3.05, 3.63) is 60.6 Å². The van der Waals surface area contributed by atoms with Gasteiger partial charge >= 0.3 is 12.1 Å². The zero-order valence-electron chi connectivity index (χ0n) is 28.1. The second-order valence-corrected chi connectivity index (χ2v) is 13.8. The molecule has 12 heteroatoms. The van der Waals surface area contributed by atoms with Crippen LogP contribution in [0.4, 0.5) is 15.3 Å². The van der Waals surface area contributed by atoms with E-state index in [4.69, 9.17) is 4.98 Å². The smallest absolute Gasteiger partial charge is 0.320 e. The van der Waals surface area contributed by atoms with Gasteiger partial charge in [0.25, 0.3) is 0 Å². The van der Waals surface area contributed by atoms with Crippen LogP contribution in [0.1, 0.15) is 31.1 Å². The molecular formula is C36H47N9O3. The minimum absolute atomic E-state index is 0.0265. The summed E-state index contributed by atoms with van der Waals surface area (Å²) in [5.74, 6) is 0.605. The summed E-state index contributed by atoms with van der Waals surface area (Å²) in [6, 6.07) is 16.4. The molecule has 2 N–H and O–H groups in total. The highest BCUT2D eigenvalue weighted by molar-refractivity contribution is 5.93. The van der Waals surface area contributed by atoms with Crippen LogP contribution in [0.2, 0.25) is 0 Å². The Bertz CT molecular complexity index is 1590. The molecule has 0 unspecified atom stereocenters. The molecule has 2 atom stereocenters. The van der Waals surface area contributed by atoms with Gasteiger partial charge in [-0.1, -0.05) is 36.4 Å². The van der Waals surface area contributed by atoms with Crippen LogP contribution in [0.5, 0.6) is 0 Å². The van der Waals surface area contributed by atoms with Crippen molar-refractivity contribution < 1.29 is 14.4 Å². The highest BCUT2D eigenvalue weighted by Gasteiger charge is 2.36. The fourth-order valence-electron chi connectivity index (χ4n) is 7.29. The first-order chi connectivity index (χ1) is 23.3. The summed E-state index contributed by atoms with van der Waals surface area (Å²) >= 11 is 0. The third-order valence-electron chi connectivity index (χ3n) is 10.5. The average molecular weight is 654 g/mol. The first-order valence-electron chi connectivity index (χ1n) is 17.4. The lowest BCUT2D eigenvalue weighted by Crippen LogP contribution is -2.51. The summed E-state index contributed by atoms with van der Waals surface area (Å²) in [5, 5.41) is 3.06. The van der Waals surface area contributed by atoms with E-state index in [0.717, 1.165) is 106 Å². The average Bonchev–Trinajstić information content (AvgIpc) is 3.90. The maximum absolute atomic E-state index is 13.3. The normalized spacial score (nSPS) is 22.4. The highest BCUT2D eigenvalue weighted by atomic mass is 16.2. The molecule has 4 aliphatic heterocycles. The summed E-state index contributed by atoms with van der Waals surface area (Å²) < 4.78 is 0. The van der Waals surface area contributed by atoms with E-state index >= 15 is 0 Å². The van der Waals surface area contributed by atoms with Gasteiger partial charge in [-0.15, -0.1) is 0 Å². The SMILES string of the molecule is CN1CCN(C(=O)N2CC[C@@H](C(=O)Nc3ccc(-c4ccc(-c5cnc([C@@H]6CCCN6C(=O)N6CCN(C)CC6)[nH]5)cc4)cc3)C2)CC1. The maximum Gasteiger partial charge on any atom is 0.320 e. The topological polar surface area (TPSA) is 111 Å². The number of benzene rings is 2. The predicted octanol–water partition coefficient (Wildman–Crippen LogP) is 3.88. The number of amides is 5. The van der Waals surface area contributed by atoms with Crippen molar-refractivity contribution in [2.75, 3.05) is 91.4 Å². The van der Waals surface area contributed by atoms with Gasteiger partial charge in [0.15, 0.2) is 0 Å². The van der Waals surface area contributed by atoms with Crippen LogP contribution in [0, 0.1) is 5.92 Å². The number of likely N-dealkylation sites (N-methyl/N-ethyl adjacent to an activating group) is 2. The van der Waals surface area contributed by atoms with Gasteiger partial charge in [0.05, 0.1) is 23.9 Å². The van der Waals surface area contributed by atoms with Gasteiger partial charge < -0.3 is 39.7 Å². The fourth-order valence-corrected chi connectivity index (χ4v) is 7.29. The van der Waals surface area contributed by atoms with Crippen molar-refractivity contribution in [3.8, 4) is 22.4 Å². The second-order valence-electron chi connectivity index (χ2n) is 13.8. The van der Waals surface area contributed by atoms with Gasteiger partial charge in [-0.05, 0) is 62.2 Å². The second kappa shape index (κ2) is 14.0. The molecule has 4 saturated heterocycles. The highest BCUT2D eigenvalue weighted by Crippen LogP contribution is 2.33. The Hall–Kier alpha value is -4.42. The maximum atomic E-state index is 13.3. The number of imidazole rings is 1. The van der Waals surface area contributed by atoms with E-state index in [0.29, 0.717) is 19.5 Å². The molecule has 4 fully saturated rings. The molecule has 254 valence electrons. The number of rotatable bonds is 5. The van der Waals surface area contributed by atoms with Gasteiger partial charge in [0.1, 0.15) is 5.82 Å². The van der Waals surface area contributed by atoms with Crippen LogP contribution >= 0.6 is 0 Å². The van der Waals surface area contributed by atoms with Gasteiger partial charge in [-0.25, -0.2) is 14.6 Å². The number of likely N-dealkylation sites (tertiary alicyclic amines) is 2. The molecule has 12 nitrogen and oxygen atoms in total. The minimum Gasteiger partial charge on any atom is -0.340 e. The fraction of sp³-hybridized carbons (Fsp3) is 0.500. The Morgan fingerprint density at radius 3 is 1.92 bits per heavy atom. The quantitative estimate of drug-likeness (QED) is 0.433. The summed E-state index contributed by atoms with van der Waals surface area (Å²) in [7, 11) is 4.17. The summed E-state index contributed by atoms with van der Waals surface area (Å²) in [4.78, 5) is 59.7. The van der Waals surface area contributed by atoms with Crippen molar-refractivity contribution in [2.45, 2.75) is 25.3 Å². The van der Waals surface area contributed by atoms with Crippen molar-refractivity contribution >= 4 is 23.7 Å². The van der Waals surface area contributed by atoms with E-state index in [-0.39, 0.29) is 29.9 Å². The van der Waals surface area contributed by atoms with Gasteiger partial charge in [0.2, 0.25) is 5.91 Å². The standard InChI is InChI=1S/C36H47N9O3/c1-40-16-20-42(21-17-40)35(47)44-15-13-29(25-44)34(46)38-30-11-9-27(10-12-30)26-5-7-28(8-6-26)31-24-37-33(39-31)32-4-3-14-45(32)36(48)43-22-18-41(2)19-23-43/h5-12,24,29,32H,3-4,13-23,25H2,1-2H3,(H,37,39)(H,38,46)/t29-,32+/m1/s1. The number of nitrogens with zero attached hydrogens (tertiary/aromatic N) is 7. The van der Waals surface area contributed by atoms with Crippen LogP contribution in [0.3, 0.4) is 0 Å². The number of H-pyrrole nitrogens is 1. The first-order valence-corrected chi connectivity index (χ1v) is 17.4. The molecule has 0 saturated carbocycles. The number of hydrogen-bond donors (Lipinski definition) is 2. The largest absolute Gasteiger partial charge is 0.340 e. The molecule has 48 heavy (non-hydrogen) atoms. The molecule has 4 aliphatic rings. The lowest BCUT2D eigenvalue weighted by molar-refractivity contribution is -0.119. The predicted molar refractivity (Wildman–Crippen MR) is 185 cm³/mol. The van der Waals surface area contributed by atoms with Crippen LogP contribution in [0.25, 0.3) is 22.4 Å². The number of carbonyl (C=O) groups is 3. The van der Waals surface area contributed by atoms with E-state index in [1.165, 1.54) is 0 Å². The molecule has 0 radical (unpaired) electrons. The molecule has 1 aromatic heterocycles. The van der Waals surface area contributed by atoms with E-state index in [2.05, 4.69) is 58.5 Å². The zero-order chi connectivity index (χ0) is 33.2. The van der Waals surface area contributed by atoms with Crippen LogP contribution in [0.15, 0.2) is 54.7 Å². The first kappa shape index (κ1) is 32.1. The van der Waals surface area contributed by atoms with Gasteiger partial charge in [0, 0.05) is 77.7 Å². The number of hydrogen-bond acceptors (Lipinski definition) is 6. The van der Waals surface area contributed by atoms with Crippen molar-refractivity contribution in [2.24, 2.45) is 5.92 Å². The molecule has 7 rings (SSSR count). The number of anilines is 1. The molecule has 0 spiro atoms. The van der Waals surface area contributed by atoms with Crippen molar-refractivity contribution in [1.29, 1.82) is 0 Å². The molecule has 0 aliphatic carbocycles. The van der Waals surface area contributed by atoms with E-state index < -0.39 is 0 Å². The van der Waals surface area contributed by atoms with E-state index in [1.807, 2.05) is 50.1 Å². The Morgan fingerprint density at radius 2 is 1.27 bits per heavy atom. The Balaban J connectivity index is 0.926. The lowest BCUT2D eigenvalue weighted by atomic mass is 10.0. The van der Waals surface area contributed by atoms with E-state index in [1.54, 1.807) is 0 Å². The van der Waals surface area contributed by atoms with E-state index in [9.17, 15) is 14.4 Å². The summed E-state index contributed by atoms with van der Waals surface area (Å²) in [6.45, 7) is 8.45. The summed E-state index contributed by atoms with van der Waals surface area (Å²) in [6.07, 6.45) is 4.44. The third-order valence-corrected chi connectivity index (χ3v) is 10.5. The monoisotopic (exact) mass is 653 g/mol. The van der Waals surface area contributed by atoms with Crippen LogP contribution in [-0.2, 0) is 4.79 Å². The van der Waals surface area contributed by atoms with Gasteiger partial charge in [-0.3, -0.25) is 4.79 Å². The Kier molecular flexibility index (Phi) is 9.36. The molecule has 5 heterocycles. The van der Waals surface area contributed by atoms with Crippen molar-refractivity contribution in [1.82, 2.24) is 39.4 Å². The number of aromatic nitrogens is 2. The van der Waals surface area contributed by atoms with Gasteiger partial charge in [-0.2, -0.15) is 0 Å². The summed E-state index contributed by atoms with van der Waals surface area (Å²) in [5.41, 5.74) is 4.85. The minimum atomic E-state index is -0.203. The number of piperazine rings is 2.